The number of nitrogens with one attached hydrogen (secondary N) is 1. The number of fused-ring (bicyclic) bond motifs is 1. The van der Waals surface area contributed by atoms with E-state index in [4.69, 9.17) is 8.83 Å². The van der Waals surface area contributed by atoms with Gasteiger partial charge in [0.25, 0.3) is 0 Å². The summed E-state index contributed by atoms with van der Waals surface area (Å²) in [4.78, 5) is 29.1. The standard InChI is InChI=1S/C24H26N2O5/c1-4-25(5-2)12-13-26-21(18-11-10-15(3)30-18)20(23(28)24(26)29)22(27)19-14-16-8-6-7-9-17(16)31-19/h6-11,14,21,28H,4-5,12-13H2,1-3H3. The van der Waals surface area contributed by atoms with Crippen LogP contribution in [0, 0.1) is 6.92 Å². The number of hydrogen-bond donors (Lipinski definition) is 1. The van der Waals surface area contributed by atoms with Crippen LogP contribution in [0.3, 0.4) is 0 Å². The van der Waals surface area contributed by atoms with E-state index in [-0.39, 0.29) is 11.3 Å². The van der Waals surface area contributed by atoms with Crippen LogP contribution in [0.1, 0.15) is 42.0 Å². The zero-order chi connectivity index (χ0) is 22.1. The van der Waals surface area contributed by atoms with Gasteiger partial charge >= 0.3 is 0 Å². The lowest BCUT2D eigenvalue weighted by molar-refractivity contribution is -0.895. The molecule has 4 rings (SSSR count). The topological polar surface area (TPSA) is 91.2 Å². The van der Waals surface area contributed by atoms with E-state index in [2.05, 4.69) is 13.8 Å². The van der Waals surface area contributed by atoms with Crippen LogP contribution in [0.25, 0.3) is 11.0 Å². The Morgan fingerprint density at radius 3 is 2.52 bits per heavy atom. The Kier molecular flexibility index (Phi) is 5.69. The van der Waals surface area contributed by atoms with Gasteiger partial charge in [0.05, 0.1) is 26.2 Å². The second kappa shape index (κ2) is 8.43. The van der Waals surface area contributed by atoms with Crippen LogP contribution in [0.15, 0.2) is 62.6 Å². The molecular formula is C24H26N2O5. The van der Waals surface area contributed by atoms with Crippen molar-refractivity contribution < 1.29 is 28.4 Å². The number of carbonyl (C=O) groups excluding carboxylic acids is 2. The van der Waals surface area contributed by atoms with Gasteiger partial charge in [-0.1, -0.05) is 18.2 Å². The van der Waals surface area contributed by atoms with Crippen molar-refractivity contribution in [1.82, 2.24) is 4.90 Å². The normalized spacial score (nSPS) is 16.8. The third-order valence-corrected chi connectivity index (χ3v) is 5.92. The highest BCUT2D eigenvalue weighted by atomic mass is 16.4. The number of likely N-dealkylation sites (N-methyl/N-ethyl adjacent to an activating group) is 1. The largest absolute Gasteiger partial charge is 0.868 e. The molecule has 1 aliphatic heterocycles. The molecule has 3 heterocycles. The summed E-state index contributed by atoms with van der Waals surface area (Å²) in [7, 11) is 0. The molecule has 0 saturated heterocycles. The summed E-state index contributed by atoms with van der Waals surface area (Å²) in [6.07, 6.45) is 0. The summed E-state index contributed by atoms with van der Waals surface area (Å²) in [5.74, 6) is -0.949. The van der Waals surface area contributed by atoms with E-state index >= 15 is 0 Å². The maximum atomic E-state index is 13.4. The molecular weight excluding hydrogens is 396 g/mol. The van der Waals surface area contributed by atoms with Gasteiger partial charge in [-0.2, -0.15) is 0 Å². The summed E-state index contributed by atoms with van der Waals surface area (Å²) in [6, 6.07) is 11.5. The Morgan fingerprint density at radius 2 is 1.87 bits per heavy atom. The number of nitrogens with zero attached hydrogens (tertiary/aromatic N) is 1. The molecule has 3 aromatic rings. The highest BCUT2D eigenvalue weighted by molar-refractivity contribution is 6.15. The number of amides is 1. The Balaban J connectivity index is 1.73. The Bertz CT molecular complexity index is 1120. The van der Waals surface area contributed by atoms with Gasteiger partial charge < -0.3 is 23.7 Å². The first-order valence-corrected chi connectivity index (χ1v) is 10.6. The molecule has 0 spiro atoms. The average molecular weight is 422 g/mol. The summed E-state index contributed by atoms with van der Waals surface area (Å²) in [5.41, 5.74) is 0.434. The quantitative estimate of drug-likeness (QED) is 0.558. The van der Waals surface area contributed by atoms with Crippen LogP contribution in [-0.2, 0) is 4.79 Å². The molecule has 0 bridgehead atoms. The van der Waals surface area contributed by atoms with Crippen molar-refractivity contribution in [3.05, 3.63) is 71.1 Å². The molecule has 1 unspecified atom stereocenters. The fourth-order valence-corrected chi connectivity index (χ4v) is 4.11. The van der Waals surface area contributed by atoms with E-state index in [0.717, 1.165) is 18.5 Å². The van der Waals surface area contributed by atoms with Crippen molar-refractivity contribution in [2.45, 2.75) is 26.8 Å². The van der Waals surface area contributed by atoms with Gasteiger partial charge in [-0.15, -0.1) is 0 Å². The molecule has 31 heavy (non-hydrogen) atoms. The van der Waals surface area contributed by atoms with Crippen LogP contribution >= 0.6 is 0 Å². The van der Waals surface area contributed by atoms with Crippen LogP contribution in [0.2, 0.25) is 0 Å². The maximum Gasteiger partial charge on any atom is 0.240 e. The van der Waals surface area contributed by atoms with Gasteiger partial charge in [0, 0.05) is 11.0 Å². The molecule has 7 nitrogen and oxygen atoms in total. The lowest BCUT2D eigenvalue weighted by Crippen LogP contribution is -3.12. The molecule has 1 amide bonds. The Morgan fingerprint density at radius 1 is 1.13 bits per heavy atom. The van der Waals surface area contributed by atoms with Gasteiger partial charge in [0.2, 0.25) is 11.7 Å². The van der Waals surface area contributed by atoms with Crippen molar-refractivity contribution >= 4 is 22.7 Å². The molecule has 1 aromatic carbocycles. The lowest BCUT2D eigenvalue weighted by Gasteiger charge is -2.27. The first kappa shape index (κ1) is 20.9. The third-order valence-electron chi connectivity index (χ3n) is 5.92. The van der Waals surface area contributed by atoms with E-state index in [1.165, 1.54) is 9.80 Å². The summed E-state index contributed by atoms with van der Waals surface area (Å²) < 4.78 is 11.5. The van der Waals surface area contributed by atoms with Crippen LogP contribution in [0.5, 0.6) is 0 Å². The minimum absolute atomic E-state index is 0.0434. The fraction of sp³-hybridized carbons (Fsp3) is 0.333. The number of hydrogen-bond acceptors (Lipinski definition) is 5. The van der Waals surface area contributed by atoms with Crippen LogP contribution < -0.4 is 10.0 Å². The summed E-state index contributed by atoms with van der Waals surface area (Å²) in [5, 5.41) is 13.7. The molecule has 0 saturated carbocycles. The number of ketones is 1. The molecule has 0 aliphatic carbocycles. The summed E-state index contributed by atoms with van der Waals surface area (Å²) in [6.45, 7) is 8.78. The number of Topliss-reactive ketones (excluding diaryl/α,β-unsaturated/α-hetero) is 1. The number of furan rings is 2. The van der Waals surface area contributed by atoms with Crippen LogP contribution in [-0.4, -0.2) is 42.8 Å². The second-order valence-corrected chi connectivity index (χ2v) is 7.78. The Labute approximate surface area is 180 Å². The first-order chi connectivity index (χ1) is 14.9. The minimum atomic E-state index is -0.857. The smallest absolute Gasteiger partial charge is 0.240 e. The molecule has 162 valence electrons. The third kappa shape index (κ3) is 3.77. The predicted molar refractivity (Wildman–Crippen MR) is 112 cm³/mol. The minimum Gasteiger partial charge on any atom is -0.868 e. The van der Waals surface area contributed by atoms with Gasteiger partial charge in [-0.05, 0) is 50.8 Å². The van der Waals surface area contributed by atoms with Crippen molar-refractivity contribution in [2.24, 2.45) is 0 Å². The number of benzene rings is 1. The van der Waals surface area contributed by atoms with E-state index in [0.29, 0.717) is 30.2 Å². The van der Waals surface area contributed by atoms with E-state index in [1.54, 1.807) is 31.2 Å². The molecule has 2 aromatic heterocycles. The number of para-hydroxylation sites is 1. The number of quaternary nitrogens is 1. The number of rotatable bonds is 8. The van der Waals surface area contributed by atoms with E-state index in [1.807, 2.05) is 18.2 Å². The maximum absolute atomic E-state index is 13.4. The Hall–Kier alpha value is -3.32. The van der Waals surface area contributed by atoms with Gasteiger partial charge in [-0.25, -0.2) is 0 Å². The van der Waals surface area contributed by atoms with E-state index in [9.17, 15) is 14.7 Å². The van der Waals surface area contributed by atoms with Gasteiger partial charge in [0.15, 0.2) is 5.76 Å². The van der Waals surface area contributed by atoms with Crippen molar-refractivity contribution in [2.75, 3.05) is 26.2 Å². The highest BCUT2D eigenvalue weighted by Crippen LogP contribution is 2.39. The van der Waals surface area contributed by atoms with Crippen molar-refractivity contribution in [3.63, 3.8) is 0 Å². The monoisotopic (exact) mass is 422 g/mol. The molecule has 1 aliphatic rings. The average Bonchev–Trinajstić information content (AvgIpc) is 3.46. The zero-order valence-electron chi connectivity index (χ0n) is 17.9. The van der Waals surface area contributed by atoms with Crippen molar-refractivity contribution in [1.29, 1.82) is 0 Å². The van der Waals surface area contributed by atoms with Gasteiger partial charge in [-0.3, -0.25) is 9.59 Å². The first-order valence-electron chi connectivity index (χ1n) is 10.6. The highest BCUT2D eigenvalue weighted by Gasteiger charge is 2.42. The SMILES string of the molecule is CC[NH+](CC)CCN1C(=O)C([O-])=C(C(=O)c2cc3ccccc3o2)C1c1ccc(C)o1. The van der Waals surface area contributed by atoms with Crippen LogP contribution in [0.4, 0.5) is 0 Å². The second-order valence-electron chi connectivity index (χ2n) is 7.78. The lowest BCUT2D eigenvalue weighted by atomic mass is 9.99. The molecule has 0 radical (unpaired) electrons. The zero-order valence-corrected chi connectivity index (χ0v) is 17.9. The number of aryl methyl sites for hydroxylation is 1. The fourth-order valence-electron chi connectivity index (χ4n) is 4.11. The number of carbonyl (C=O) groups is 2. The van der Waals surface area contributed by atoms with E-state index < -0.39 is 23.5 Å². The molecule has 0 fully saturated rings. The molecule has 1 atom stereocenters. The molecule has 1 N–H and O–H groups in total. The predicted octanol–water partition coefficient (Wildman–Crippen LogP) is 1.64. The summed E-state index contributed by atoms with van der Waals surface area (Å²) >= 11 is 0. The molecule has 7 heteroatoms. The van der Waals surface area contributed by atoms with Gasteiger partial charge in [0.1, 0.15) is 23.1 Å². The van der Waals surface area contributed by atoms with Crippen molar-refractivity contribution in [3.8, 4) is 0 Å².